The van der Waals surface area contributed by atoms with Crippen LogP contribution in [0.2, 0.25) is 0 Å². The lowest BCUT2D eigenvalue weighted by Gasteiger charge is -2.25. The van der Waals surface area contributed by atoms with Gasteiger partial charge >= 0.3 is 5.97 Å². The largest absolute Gasteiger partial charge is 0.459 e. The van der Waals surface area contributed by atoms with Crippen molar-refractivity contribution in [3.63, 3.8) is 0 Å². The molecule has 1 N–H and O–H groups in total. The molecule has 1 aromatic rings. The monoisotopic (exact) mass is 262 g/mol. The predicted octanol–water partition coefficient (Wildman–Crippen LogP) is 1.85. The van der Waals surface area contributed by atoms with Crippen LogP contribution in [0.3, 0.4) is 0 Å². The molecule has 0 saturated heterocycles. The number of carbonyl (C=O) groups is 2. The molecule has 102 valence electrons. The number of rotatable bonds is 6. The Kier molecular flexibility index (Phi) is 4.68. The van der Waals surface area contributed by atoms with E-state index < -0.39 is 17.9 Å². The maximum absolute atomic E-state index is 11.6. The third-order valence-corrected chi connectivity index (χ3v) is 3.47. The predicted molar refractivity (Wildman–Crippen MR) is 69.2 cm³/mol. The van der Waals surface area contributed by atoms with E-state index >= 15 is 0 Å². The van der Waals surface area contributed by atoms with Gasteiger partial charge in [-0.05, 0) is 11.5 Å². The maximum Gasteiger partial charge on any atom is 0.343 e. The Morgan fingerprint density at radius 3 is 2.53 bits per heavy atom. The highest BCUT2D eigenvalue weighted by Gasteiger charge is 2.29. The Bertz CT molecular complexity index is 437. The smallest absolute Gasteiger partial charge is 0.343 e. The molecule has 0 aromatic heterocycles. The molecular weight excluding hydrogens is 244 g/mol. The summed E-state index contributed by atoms with van der Waals surface area (Å²) < 4.78 is 4.93. The van der Waals surface area contributed by atoms with Crippen molar-refractivity contribution in [2.45, 2.75) is 38.4 Å². The first-order valence-corrected chi connectivity index (χ1v) is 6.58. The molecule has 1 aliphatic rings. The number of aliphatic hydroxyl groups is 1. The van der Waals surface area contributed by atoms with Crippen LogP contribution in [0.4, 0.5) is 0 Å². The van der Waals surface area contributed by atoms with Crippen molar-refractivity contribution in [1.29, 1.82) is 0 Å². The van der Waals surface area contributed by atoms with E-state index in [1.165, 1.54) is 0 Å². The number of hydrogen-bond donors (Lipinski definition) is 1. The van der Waals surface area contributed by atoms with Gasteiger partial charge in [0.1, 0.15) is 6.61 Å². The van der Waals surface area contributed by atoms with E-state index in [1.807, 2.05) is 30.3 Å². The van der Waals surface area contributed by atoms with E-state index in [4.69, 9.17) is 4.74 Å². The van der Waals surface area contributed by atoms with Gasteiger partial charge in [-0.25, -0.2) is 4.79 Å². The molecule has 0 amide bonds. The summed E-state index contributed by atoms with van der Waals surface area (Å²) in [6, 6.07) is 9.16. The minimum atomic E-state index is -1.63. The first-order chi connectivity index (χ1) is 9.16. The van der Waals surface area contributed by atoms with Crippen molar-refractivity contribution in [1.82, 2.24) is 0 Å². The average molecular weight is 262 g/mol. The highest BCUT2D eigenvalue weighted by Crippen LogP contribution is 2.29. The third-order valence-electron chi connectivity index (χ3n) is 3.47. The van der Waals surface area contributed by atoms with Crippen LogP contribution < -0.4 is 0 Å². The van der Waals surface area contributed by atoms with Gasteiger partial charge in [0, 0.05) is 6.42 Å². The molecule has 0 aliphatic heterocycles. The van der Waals surface area contributed by atoms with E-state index in [0.717, 1.165) is 24.8 Å². The first-order valence-electron chi connectivity index (χ1n) is 6.58. The summed E-state index contributed by atoms with van der Waals surface area (Å²) in [5.41, 5.74) is 0.828. The van der Waals surface area contributed by atoms with E-state index in [9.17, 15) is 14.7 Å². The summed E-state index contributed by atoms with van der Waals surface area (Å²) in [5.74, 6) is -0.944. The normalized spacial score (nSPS) is 16.5. The summed E-state index contributed by atoms with van der Waals surface area (Å²) in [5, 5.41) is 9.61. The zero-order valence-corrected chi connectivity index (χ0v) is 10.7. The Morgan fingerprint density at radius 1 is 1.26 bits per heavy atom. The fourth-order valence-corrected chi connectivity index (χ4v) is 2.03. The number of carbonyl (C=O) groups excluding carboxylic acids is 2. The molecule has 1 saturated carbocycles. The highest BCUT2D eigenvalue weighted by molar-refractivity contribution is 6.01. The van der Waals surface area contributed by atoms with Gasteiger partial charge < -0.3 is 9.84 Å². The molecule has 1 atom stereocenters. The fourth-order valence-electron chi connectivity index (χ4n) is 2.03. The number of ether oxygens (including phenoxy) is 1. The van der Waals surface area contributed by atoms with Gasteiger partial charge in [0.05, 0.1) is 0 Å². The lowest BCUT2D eigenvalue weighted by Crippen LogP contribution is -2.33. The summed E-state index contributed by atoms with van der Waals surface area (Å²) in [6.07, 6.45) is 1.80. The van der Waals surface area contributed by atoms with Crippen molar-refractivity contribution in [3.05, 3.63) is 35.9 Å². The second kappa shape index (κ2) is 6.48. The number of benzene rings is 1. The van der Waals surface area contributed by atoms with Gasteiger partial charge in [0.15, 0.2) is 5.78 Å². The molecular formula is C15H18O4. The summed E-state index contributed by atoms with van der Waals surface area (Å²) in [6.45, 7) is 0.0768. The van der Waals surface area contributed by atoms with Crippen molar-refractivity contribution in [3.8, 4) is 0 Å². The number of esters is 1. The van der Waals surface area contributed by atoms with Gasteiger partial charge in [-0.1, -0.05) is 49.6 Å². The Labute approximate surface area is 112 Å². The van der Waals surface area contributed by atoms with Gasteiger partial charge in [0.25, 0.3) is 0 Å². The van der Waals surface area contributed by atoms with Crippen LogP contribution in [0.15, 0.2) is 30.3 Å². The SMILES string of the molecule is O=C(CC1CCC1)C(O)C(=O)OCc1ccccc1. The molecule has 0 radical (unpaired) electrons. The quantitative estimate of drug-likeness (QED) is 0.627. The van der Waals surface area contributed by atoms with Crippen molar-refractivity contribution in [2.75, 3.05) is 0 Å². The molecule has 1 unspecified atom stereocenters. The lowest BCUT2D eigenvalue weighted by molar-refractivity contribution is -0.159. The van der Waals surface area contributed by atoms with E-state index in [2.05, 4.69) is 0 Å². The molecule has 1 fully saturated rings. The second-order valence-corrected chi connectivity index (χ2v) is 4.96. The van der Waals surface area contributed by atoms with Gasteiger partial charge in [0.2, 0.25) is 6.10 Å². The van der Waals surface area contributed by atoms with Gasteiger partial charge in [-0.15, -0.1) is 0 Å². The molecule has 1 aliphatic carbocycles. The Morgan fingerprint density at radius 2 is 1.95 bits per heavy atom. The topological polar surface area (TPSA) is 63.6 Å². The van der Waals surface area contributed by atoms with E-state index in [0.29, 0.717) is 5.92 Å². The van der Waals surface area contributed by atoms with Crippen LogP contribution in [0.1, 0.15) is 31.2 Å². The highest BCUT2D eigenvalue weighted by atomic mass is 16.5. The zero-order chi connectivity index (χ0) is 13.7. The second-order valence-electron chi connectivity index (χ2n) is 4.96. The molecule has 19 heavy (non-hydrogen) atoms. The summed E-state index contributed by atoms with van der Waals surface area (Å²) >= 11 is 0. The molecule has 0 heterocycles. The fraction of sp³-hybridized carbons (Fsp3) is 0.467. The van der Waals surface area contributed by atoms with Crippen molar-refractivity contribution >= 4 is 11.8 Å². The number of aliphatic hydroxyl groups excluding tert-OH is 1. The van der Waals surface area contributed by atoms with E-state index in [1.54, 1.807) is 0 Å². The molecule has 2 rings (SSSR count). The zero-order valence-electron chi connectivity index (χ0n) is 10.7. The minimum absolute atomic E-state index is 0.0768. The molecule has 4 nitrogen and oxygen atoms in total. The van der Waals surface area contributed by atoms with Crippen LogP contribution in [-0.4, -0.2) is 23.0 Å². The molecule has 0 bridgehead atoms. The number of hydrogen-bond acceptors (Lipinski definition) is 4. The number of ketones is 1. The third kappa shape index (κ3) is 3.89. The van der Waals surface area contributed by atoms with Crippen molar-refractivity contribution < 1.29 is 19.4 Å². The maximum atomic E-state index is 11.6. The minimum Gasteiger partial charge on any atom is -0.459 e. The van der Waals surface area contributed by atoms with Gasteiger partial charge in [-0.2, -0.15) is 0 Å². The van der Waals surface area contributed by atoms with Crippen LogP contribution in [-0.2, 0) is 20.9 Å². The van der Waals surface area contributed by atoms with Crippen LogP contribution in [0.25, 0.3) is 0 Å². The van der Waals surface area contributed by atoms with E-state index in [-0.39, 0.29) is 13.0 Å². The standard InChI is InChI=1S/C15H18O4/c16-13(9-11-7-4-8-11)14(17)15(18)19-10-12-5-2-1-3-6-12/h1-3,5-6,11,14,17H,4,7-10H2. The Balaban J connectivity index is 1.76. The van der Waals surface area contributed by atoms with Gasteiger partial charge in [-0.3, -0.25) is 4.79 Å². The number of Topliss-reactive ketones (excluding diaryl/α,β-unsaturated/α-hetero) is 1. The molecule has 0 spiro atoms. The first kappa shape index (κ1) is 13.7. The summed E-state index contributed by atoms with van der Waals surface area (Å²) in [4.78, 5) is 23.2. The van der Waals surface area contributed by atoms with Crippen molar-refractivity contribution in [2.24, 2.45) is 5.92 Å². The average Bonchev–Trinajstić information content (AvgIpc) is 2.40. The summed E-state index contributed by atoms with van der Waals surface area (Å²) in [7, 11) is 0. The van der Waals surface area contributed by atoms with Crippen LogP contribution >= 0.6 is 0 Å². The van der Waals surface area contributed by atoms with Crippen LogP contribution in [0.5, 0.6) is 0 Å². The Hall–Kier alpha value is -1.68. The molecule has 4 heteroatoms. The lowest BCUT2D eigenvalue weighted by atomic mass is 9.81. The van der Waals surface area contributed by atoms with Crippen LogP contribution in [0, 0.1) is 5.92 Å². The molecule has 1 aromatic carbocycles.